The number of carbonyl (C=O) groups excluding carboxylic acids is 6. The van der Waals surface area contributed by atoms with Crippen molar-refractivity contribution < 1.29 is 33.6 Å². The minimum Gasteiger partial charge on any atom is -0.352 e. The number of hydroxylamine groups is 2. The van der Waals surface area contributed by atoms with Crippen molar-refractivity contribution in [3.05, 3.63) is 12.2 Å². The van der Waals surface area contributed by atoms with E-state index in [0.29, 0.717) is 30.7 Å². The van der Waals surface area contributed by atoms with Crippen LogP contribution in [0.2, 0.25) is 0 Å². The molecule has 3 unspecified atom stereocenters. The van der Waals surface area contributed by atoms with Crippen molar-refractivity contribution >= 4 is 35.5 Å². The molecule has 3 rings (SSSR count). The van der Waals surface area contributed by atoms with Crippen LogP contribution in [0.5, 0.6) is 0 Å². The number of hydrogen-bond donors (Lipinski definition) is 1. The Morgan fingerprint density at radius 2 is 1.69 bits per heavy atom. The van der Waals surface area contributed by atoms with Crippen LogP contribution in [0.25, 0.3) is 0 Å². The monoisotopic (exact) mass is 447 g/mol. The second-order valence-electron chi connectivity index (χ2n) is 8.53. The number of amides is 5. The lowest BCUT2D eigenvalue weighted by Gasteiger charge is -2.36. The van der Waals surface area contributed by atoms with Crippen LogP contribution in [-0.2, 0) is 33.6 Å². The summed E-state index contributed by atoms with van der Waals surface area (Å²) in [4.78, 5) is 78.9. The van der Waals surface area contributed by atoms with E-state index >= 15 is 0 Å². The van der Waals surface area contributed by atoms with Crippen molar-refractivity contribution in [1.29, 1.82) is 0 Å². The Bertz CT molecular complexity index is 803. The van der Waals surface area contributed by atoms with E-state index in [0.717, 1.165) is 24.2 Å². The Kier molecular flexibility index (Phi) is 7.76. The first kappa shape index (κ1) is 23.6. The smallest absolute Gasteiger partial charge is 0.338 e. The second kappa shape index (κ2) is 10.5. The van der Waals surface area contributed by atoms with Crippen molar-refractivity contribution in [2.45, 2.75) is 70.8 Å². The van der Waals surface area contributed by atoms with Gasteiger partial charge in [-0.25, -0.2) is 4.79 Å². The maximum Gasteiger partial charge on any atom is 0.338 e. The molecule has 0 bridgehead atoms. The van der Waals surface area contributed by atoms with Crippen LogP contribution < -0.4 is 5.32 Å². The van der Waals surface area contributed by atoms with Crippen molar-refractivity contribution in [1.82, 2.24) is 15.3 Å². The maximum atomic E-state index is 12.8. The average Bonchev–Trinajstić information content (AvgIpc) is 3.24. The molecule has 10 heteroatoms. The van der Waals surface area contributed by atoms with E-state index in [-0.39, 0.29) is 43.0 Å². The predicted molar refractivity (Wildman–Crippen MR) is 110 cm³/mol. The number of unbranched alkanes of at least 4 members (excludes halogenated alkanes) is 2. The van der Waals surface area contributed by atoms with Crippen molar-refractivity contribution in [2.24, 2.45) is 11.8 Å². The van der Waals surface area contributed by atoms with Crippen LogP contribution >= 0.6 is 0 Å². The van der Waals surface area contributed by atoms with Gasteiger partial charge in [0.15, 0.2) is 0 Å². The molecule has 2 aliphatic heterocycles. The molecule has 32 heavy (non-hydrogen) atoms. The molecule has 1 saturated carbocycles. The summed E-state index contributed by atoms with van der Waals surface area (Å²) in [5.74, 6) is -3.61. The van der Waals surface area contributed by atoms with Crippen molar-refractivity contribution in [2.75, 3.05) is 6.54 Å². The Hall–Kier alpha value is -3.04. The molecular weight excluding hydrogens is 418 g/mol. The summed E-state index contributed by atoms with van der Waals surface area (Å²) in [6.45, 7) is 2.24. The van der Waals surface area contributed by atoms with E-state index in [4.69, 9.17) is 4.84 Å². The first-order valence-electron chi connectivity index (χ1n) is 11.2. The third-order valence-electron chi connectivity index (χ3n) is 6.14. The Morgan fingerprint density at radius 3 is 2.31 bits per heavy atom. The second-order valence-corrected chi connectivity index (χ2v) is 8.53. The highest BCUT2D eigenvalue weighted by Gasteiger charge is 2.41. The number of nitrogens with one attached hydrogen (secondary N) is 1. The lowest BCUT2D eigenvalue weighted by molar-refractivity contribution is -0.202. The molecule has 2 heterocycles. The zero-order chi connectivity index (χ0) is 23.3. The third-order valence-corrected chi connectivity index (χ3v) is 6.14. The lowest BCUT2D eigenvalue weighted by Crippen LogP contribution is -2.50. The normalized spacial score (nSPS) is 25.6. The van der Waals surface area contributed by atoms with Gasteiger partial charge in [0, 0.05) is 44.0 Å². The maximum absolute atomic E-state index is 12.8. The van der Waals surface area contributed by atoms with Crippen LogP contribution in [0.15, 0.2) is 12.2 Å². The molecule has 174 valence electrons. The van der Waals surface area contributed by atoms with Gasteiger partial charge in [-0.15, -0.1) is 5.06 Å². The first-order chi connectivity index (χ1) is 15.3. The van der Waals surface area contributed by atoms with Gasteiger partial charge in [-0.1, -0.05) is 19.8 Å². The number of hydrogen-bond acceptors (Lipinski definition) is 7. The largest absolute Gasteiger partial charge is 0.352 e. The highest BCUT2D eigenvalue weighted by atomic mass is 16.7. The highest BCUT2D eigenvalue weighted by molar-refractivity contribution is 6.12. The molecule has 0 aromatic rings. The van der Waals surface area contributed by atoms with Crippen molar-refractivity contribution in [3.8, 4) is 0 Å². The summed E-state index contributed by atoms with van der Waals surface area (Å²) in [6, 6.07) is -0.580. The lowest BCUT2D eigenvalue weighted by atomic mass is 9.77. The summed E-state index contributed by atoms with van der Waals surface area (Å²) in [5.41, 5.74) is 0. The van der Waals surface area contributed by atoms with Crippen LogP contribution in [0, 0.1) is 11.8 Å². The molecule has 5 amide bonds. The molecule has 10 nitrogen and oxygen atoms in total. The number of imide groups is 2. The van der Waals surface area contributed by atoms with E-state index in [9.17, 15) is 28.8 Å². The Balaban J connectivity index is 1.66. The molecule has 0 spiro atoms. The summed E-state index contributed by atoms with van der Waals surface area (Å²) in [7, 11) is 0. The number of nitrogens with zero attached hydrogens (tertiary/aromatic N) is 2. The van der Waals surface area contributed by atoms with E-state index in [2.05, 4.69) is 5.32 Å². The molecular formula is C22H29N3O7. The summed E-state index contributed by atoms with van der Waals surface area (Å²) in [6.07, 6.45) is 6.63. The van der Waals surface area contributed by atoms with Gasteiger partial charge in [-0.2, -0.15) is 0 Å². The minimum absolute atomic E-state index is 0.00236. The third kappa shape index (κ3) is 5.60. The Morgan fingerprint density at radius 1 is 1.03 bits per heavy atom. The van der Waals surface area contributed by atoms with E-state index < -0.39 is 29.7 Å². The SMILES string of the molecule is CCCCCC(=O)NC1CC(CN2C(=O)C=CC2=O)CCC1C(=O)ON1C(=O)CCC1=O. The van der Waals surface area contributed by atoms with Gasteiger partial charge < -0.3 is 10.2 Å². The number of carbonyl (C=O) groups is 6. The van der Waals surface area contributed by atoms with E-state index in [1.165, 1.54) is 12.2 Å². The number of rotatable bonds is 9. The first-order valence-corrected chi connectivity index (χ1v) is 11.2. The topological polar surface area (TPSA) is 130 Å². The van der Waals surface area contributed by atoms with E-state index in [1.54, 1.807) is 0 Å². The summed E-state index contributed by atoms with van der Waals surface area (Å²) in [5, 5.41) is 3.42. The van der Waals surface area contributed by atoms with Crippen LogP contribution in [-0.4, -0.2) is 58.1 Å². The fourth-order valence-corrected chi connectivity index (χ4v) is 4.36. The van der Waals surface area contributed by atoms with Crippen LogP contribution in [0.1, 0.15) is 64.7 Å². The zero-order valence-corrected chi connectivity index (χ0v) is 18.2. The Labute approximate surface area is 186 Å². The summed E-state index contributed by atoms with van der Waals surface area (Å²) >= 11 is 0. The molecule has 3 aliphatic rings. The molecule has 0 aromatic carbocycles. The zero-order valence-electron chi connectivity index (χ0n) is 18.2. The molecule has 2 fully saturated rings. The minimum atomic E-state index is -0.735. The summed E-state index contributed by atoms with van der Waals surface area (Å²) < 4.78 is 0. The van der Waals surface area contributed by atoms with Crippen LogP contribution in [0.4, 0.5) is 0 Å². The van der Waals surface area contributed by atoms with Gasteiger partial charge in [0.2, 0.25) is 5.91 Å². The van der Waals surface area contributed by atoms with Gasteiger partial charge >= 0.3 is 5.97 Å². The van der Waals surface area contributed by atoms with Gasteiger partial charge in [-0.3, -0.25) is 28.9 Å². The van der Waals surface area contributed by atoms with Crippen molar-refractivity contribution in [3.63, 3.8) is 0 Å². The molecule has 1 N–H and O–H groups in total. The van der Waals surface area contributed by atoms with Gasteiger partial charge in [0.05, 0.1) is 5.92 Å². The molecule has 0 aromatic heterocycles. The van der Waals surface area contributed by atoms with Gasteiger partial charge in [0.25, 0.3) is 23.6 Å². The molecule has 1 aliphatic carbocycles. The fourth-order valence-electron chi connectivity index (χ4n) is 4.36. The molecule has 1 saturated heterocycles. The van der Waals surface area contributed by atoms with E-state index in [1.807, 2.05) is 6.92 Å². The average molecular weight is 447 g/mol. The van der Waals surface area contributed by atoms with Gasteiger partial charge in [-0.05, 0) is 31.6 Å². The highest BCUT2D eigenvalue weighted by Crippen LogP contribution is 2.32. The molecule has 0 radical (unpaired) electrons. The van der Waals surface area contributed by atoms with Gasteiger partial charge in [0.1, 0.15) is 0 Å². The predicted octanol–water partition coefficient (Wildman–Crippen LogP) is 1.000. The quantitative estimate of drug-likeness (QED) is 0.412. The molecule has 3 atom stereocenters. The standard InChI is InChI=1S/C22H29N3O7/c1-2-3-4-5-17(26)23-16-12-14(13-24-18(27)8-9-19(24)28)6-7-15(16)22(31)32-25-20(29)10-11-21(25)30/h8-9,14-16H,2-7,10-13H2,1H3,(H,23,26). The fraction of sp³-hybridized carbons (Fsp3) is 0.636. The van der Waals surface area contributed by atoms with Crippen LogP contribution in [0.3, 0.4) is 0 Å².